The van der Waals surface area contributed by atoms with E-state index in [-0.39, 0.29) is 12.0 Å². The fourth-order valence-corrected chi connectivity index (χ4v) is 5.83. The molecule has 0 bridgehead atoms. The van der Waals surface area contributed by atoms with Gasteiger partial charge in [-0.2, -0.15) is 10.2 Å². The van der Waals surface area contributed by atoms with Gasteiger partial charge in [-0.15, -0.1) is 0 Å². The number of carbonyl (C=O) groups excluding carboxylic acids is 2. The Labute approximate surface area is 226 Å². The monoisotopic (exact) mass is 528 g/mol. The Hall–Kier alpha value is -4.41. The zero-order valence-corrected chi connectivity index (χ0v) is 22.0. The first kappa shape index (κ1) is 24.9. The van der Waals surface area contributed by atoms with E-state index in [0.29, 0.717) is 43.6 Å². The molecular weight excluding hydrogens is 496 g/mol. The van der Waals surface area contributed by atoms with Gasteiger partial charge in [0.2, 0.25) is 0 Å². The van der Waals surface area contributed by atoms with Crippen LogP contribution in [0.1, 0.15) is 48.5 Å². The molecule has 2 fully saturated rings. The average molecular weight is 529 g/mol. The second-order valence-corrected chi connectivity index (χ2v) is 10.1. The topological polar surface area (TPSA) is 124 Å². The van der Waals surface area contributed by atoms with Crippen molar-refractivity contribution in [1.29, 1.82) is 0 Å². The first-order valence-electron chi connectivity index (χ1n) is 13.4. The fraction of sp³-hybridized carbons (Fsp3) is 0.393. The number of benzene rings is 1. The SMILES string of the molecule is COC(=O)N1CCN(C(=O)c2cccc(-c3cc(-c4ccnn4C4CCCCC4)c4c(N)ncnn34)c2)CC1. The number of methoxy groups -OCH3 is 1. The molecule has 11 nitrogen and oxygen atoms in total. The van der Waals surface area contributed by atoms with E-state index in [1.807, 2.05) is 36.5 Å². The third kappa shape index (κ3) is 4.58. The molecular formula is C28H32N8O3. The van der Waals surface area contributed by atoms with Crippen molar-refractivity contribution in [2.45, 2.75) is 38.1 Å². The van der Waals surface area contributed by atoms with Crippen LogP contribution in [-0.4, -0.2) is 79.5 Å². The molecule has 39 heavy (non-hydrogen) atoms. The minimum Gasteiger partial charge on any atom is -0.453 e. The van der Waals surface area contributed by atoms with Gasteiger partial charge in [-0.3, -0.25) is 9.48 Å². The number of piperazine rings is 1. The summed E-state index contributed by atoms with van der Waals surface area (Å²) < 4.78 is 8.73. The molecule has 1 saturated heterocycles. The Balaban J connectivity index is 1.35. The summed E-state index contributed by atoms with van der Waals surface area (Å²) in [6.07, 6.45) is 8.81. The number of aromatic nitrogens is 5. The number of fused-ring (bicyclic) bond motifs is 1. The Kier molecular flexibility index (Phi) is 6.64. The first-order chi connectivity index (χ1) is 19.0. The highest BCUT2D eigenvalue weighted by molar-refractivity contribution is 5.96. The lowest BCUT2D eigenvalue weighted by atomic mass is 9.95. The van der Waals surface area contributed by atoms with Crippen molar-refractivity contribution in [3.8, 4) is 22.5 Å². The summed E-state index contributed by atoms with van der Waals surface area (Å²) >= 11 is 0. The van der Waals surface area contributed by atoms with Crippen LogP contribution in [0.5, 0.6) is 0 Å². The van der Waals surface area contributed by atoms with E-state index in [9.17, 15) is 9.59 Å². The molecule has 2 amide bonds. The molecule has 1 aromatic carbocycles. The van der Waals surface area contributed by atoms with Crippen LogP contribution in [0.15, 0.2) is 48.9 Å². The Morgan fingerprint density at radius 3 is 2.49 bits per heavy atom. The molecule has 2 N–H and O–H groups in total. The summed E-state index contributed by atoms with van der Waals surface area (Å²) in [5.74, 6) is 0.310. The van der Waals surface area contributed by atoms with Gasteiger partial charge in [-0.25, -0.2) is 14.3 Å². The highest BCUT2D eigenvalue weighted by Gasteiger charge is 2.27. The van der Waals surface area contributed by atoms with Crippen LogP contribution in [0.25, 0.3) is 28.0 Å². The molecule has 0 unspecified atom stereocenters. The first-order valence-corrected chi connectivity index (χ1v) is 13.4. The van der Waals surface area contributed by atoms with E-state index in [1.54, 1.807) is 14.3 Å². The summed E-state index contributed by atoms with van der Waals surface area (Å²) in [5.41, 5.74) is 11.3. The number of nitrogen functional groups attached to an aromatic ring is 1. The molecule has 1 aliphatic heterocycles. The fourth-order valence-electron chi connectivity index (χ4n) is 5.83. The molecule has 4 heterocycles. The zero-order valence-electron chi connectivity index (χ0n) is 22.0. The Bertz CT molecular complexity index is 1510. The van der Waals surface area contributed by atoms with Crippen LogP contribution in [0.2, 0.25) is 0 Å². The molecule has 1 aliphatic carbocycles. The lowest BCUT2D eigenvalue weighted by Gasteiger charge is -2.33. The van der Waals surface area contributed by atoms with Gasteiger partial charge >= 0.3 is 6.09 Å². The number of carbonyl (C=O) groups is 2. The van der Waals surface area contributed by atoms with Crippen molar-refractivity contribution in [3.63, 3.8) is 0 Å². The lowest BCUT2D eigenvalue weighted by molar-refractivity contribution is 0.0600. The van der Waals surface area contributed by atoms with Crippen molar-refractivity contribution in [2.24, 2.45) is 0 Å². The van der Waals surface area contributed by atoms with Gasteiger partial charge in [0.05, 0.1) is 24.5 Å². The summed E-state index contributed by atoms with van der Waals surface area (Å²) in [4.78, 5) is 32.9. The van der Waals surface area contributed by atoms with Crippen molar-refractivity contribution < 1.29 is 14.3 Å². The van der Waals surface area contributed by atoms with Gasteiger partial charge in [0, 0.05) is 49.1 Å². The van der Waals surface area contributed by atoms with E-state index in [0.717, 1.165) is 40.9 Å². The molecule has 0 atom stereocenters. The molecule has 0 radical (unpaired) electrons. The van der Waals surface area contributed by atoms with Crippen LogP contribution < -0.4 is 5.73 Å². The standard InChI is InChI=1S/C28H32N8O3/c1-39-28(38)34-14-12-33(13-15-34)27(37)20-7-5-6-19(16-20)24-17-22(25-26(29)30-18-32-36(24)25)23-10-11-31-35(23)21-8-3-2-4-9-21/h5-7,10-11,16-18,21H,2-4,8-9,12-15H2,1H3,(H2,29,30,32). The molecule has 202 valence electrons. The normalized spacial score (nSPS) is 16.5. The van der Waals surface area contributed by atoms with Crippen LogP contribution in [-0.2, 0) is 4.74 Å². The largest absolute Gasteiger partial charge is 0.453 e. The summed E-state index contributed by atoms with van der Waals surface area (Å²) in [6, 6.07) is 12.0. The third-order valence-electron chi connectivity index (χ3n) is 7.85. The summed E-state index contributed by atoms with van der Waals surface area (Å²) in [7, 11) is 1.37. The van der Waals surface area contributed by atoms with Crippen molar-refractivity contribution in [2.75, 3.05) is 39.0 Å². The number of ether oxygens (including phenoxy) is 1. The van der Waals surface area contributed by atoms with Gasteiger partial charge < -0.3 is 20.3 Å². The number of nitrogens with two attached hydrogens (primary N) is 1. The number of amides is 2. The third-order valence-corrected chi connectivity index (χ3v) is 7.85. The van der Waals surface area contributed by atoms with Gasteiger partial charge in [-0.1, -0.05) is 31.4 Å². The summed E-state index contributed by atoms with van der Waals surface area (Å²) in [5, 5.41) is 9.23. The maximum absolute atomic E-state index is 13.4. The molecule has 3 aromatic heterocycles. The van der Waals surface area contributed by atoms with Crippen LogP contribution in [0.4, 0.5) is 10.6 Å². The van der Waals surface area contributed by atoms with E-state index in [1.165, 1.54) is 32.7 Å². The maximum Gasteiger partial charge on any atom is 0.409 e. The lowest BCUT2D eigenvalue weighted by Crippen LogP contribution is -2.50. The van der Waals surface area contributed by atoms with Crippen molar-refractivity contribution in [1.82, 2.24) is 34.2 Å². The second kappa shape index (κ2) is 10.4. The molecule has 2 aliphatic rings. The highest BCUT2D eigenvalue weighted by atomic mass is 16.5. The molecule has 11 heteroatoms. The van der Waals surface area contributed by atoms with E-state index in [2.05, 4.69) is 25.9 Å². The number of hydrogen-bond acceptors (Lipinski definition) is 7. The molecule has 0 spiro atoms. The van der Waals surface area contributed by atoms with Crippen LogP contribution in [0, 0.1) is 0 Å². The summed E-state index contributed by atoms with van der Waals surface area (Å²) in [6.45, 7) is 1.78. The van der Waals surface area contributed by atoms with Gasteiger partial charge in [0.1, 0.15) is 11.8 Å². The Morgan fingerprint density at radius 1 is 0.949 bits per heavy atom. The van der Waals surface area contributed by atoms with Gasteiger partial charge in [-0.05, 0) is 37.1 Å². The quantitative estimate of drug-likeness (QED) is 0.426. The number of anilines is 1. The highest BCUT2D eigenvalue weighted by Crippen LogP contribution is 2.38. The minimum atomic E-state index is -0.369. The average Bonchev–Trinajstić information content (AvgIpc) is 3.63. The Morgan fingerprint density at radius 2 is 1.72 bits per heavy atom. The van der Waals surface area contributed by atoms with Crippen LogP contribution in [0.3, 0.4) is 0 Å². The number of nitrogens with zero attached hydrogens (tertiary/aromatic N) is 7. The number of hydrogen-bond donors (Lipinski definition) is 1. The number of rotatable bonds is 4. The molecule has 4 aromatic rings. The van der Waals surface area contributed by atoms with Gasteiger partial charge in [0.25, 0.3) is 5.91 Å². The molecule has 6 rings (SSSR count). The van der Waals surface area contributed by atoms with E-state index in [4.69, 9.17) is 10.5 Å². The van der Waals surface area contributed by atoms with Crippen molar-refractivity contribution >= 4 is 23.3 Å². The predicted octanol–water partition coefficient (Wildman–Crippen LogP) is 3.87. The smallest absolute Gasteiger partial charge is 0.409 e. The van der Waals surface area contributed by atoms with E-state index >= 15 is 0 Å². The second-order valence-electron chi connectivity index (χ2n) is 10.1. The maximum atomic E-state index is 13.4. The van der Waals surface area contributed by atoms with E-state index < -0.39 is 0 Å². The predicted molar refractivity (Wildman–Crippen MR) is 146 cm³/mol. The van der Waals surface area contributed by atoms with Crippen molar-refractivity contribution in [3.05, 3.63) is 54.5 Å². The van der Waals surface area contributed by atoms with Gasteiger partial charge in [0.15, 0.2) is 5.82 Å². The zero-order chi connectivity index (χ0) is 26.9. The molecule has 1 saturated carbocycles. The minimum absolute atomic E-state index is 0.0769. The van der Waals surface area contributed by atoms with Crippen LogP contribution >= 0.6 is 0 Å².